The third kappa shape index (κ3) is 3.20. The molecular formula is C14H14F2N2O2S. The number of benzene rings is 2. The second-order valence-electron chi connectivity index (χ2n) is 4.49. The van der Waals surface area contributed by atoms with Crippen LogP contribution in [0.3, 0.4) is 0 Å². The van der Waals surface area contributed by atoms with Crippen molar-refractivity contribution >= 4 is 15.7 Å². The van der Waals surface area contributed by atoms with Crippen LogP contribution in [0.15, 0.2) is 41.3 Å². The summed E-state index contributed by atoms with van der Waals surface area (Å²) in [6, 6.07) is 7.58. The molecule has 0 atom stereocenters. The first-order valence-electron chi connectivity index (χ1n) is 6.11. The van der Waals surface area contributed by atoms with Crippen LogP contribution >= 0.6 is 0 Å². The van der Waals surface area contributed by atoms with Crippen LogP contribution in [-0.2, 0) is 16.6 Å². The molecule has 2 aromatic rings. The average molecular weight is 312 g/mol. The van der Waals surface area contributed by atoms with E-state index >= 15 is 0 Å². The lowest BCUT2D eigenvalue weighted by molar-refractivity contribution is 0.569. The Bertz CT molecular complexity index is 777. The molecule has 0 fully saturated rings. The number of hydrogen-bond donors (Lipinski definition) is 2. The number of halogens is 2. The lowest BCUT2D eigenvalue weighted by Crippen LogP contribution is -2.16. The second-order valence-corrected chi connectivity index (χ2v) is 6.14. The van der Waals surface area contributed by atoms with E-state index in [4.69, 9.17) is 5.73 Å². The van der Waals surface area contributed by atoms with Crippen LogP contribution in [0.2, 0.25) is 0 Å². The predicted octanol–water partition coefficient (Wildman–Crippen LogP) is 2.53. The zero-order valence-corrected chi connectivity index (χ0v) is 12.0. The maximum absolute atomic E-state index is 13.8. The molecule has 21 heavy (non-hydrogen) atoms. The zero-order chi connectivity index (χ0) is 15.6. The third-order valence-electron chi connectivity index (χ3n) is 3.03. The van der Waals surface area contributed by atoms with Crippen molar-refractivity contribution in [2.45, 2.75) is 18.4 Å². The van der Waals surface area contributed by atoms with E-state index in [0.717, 1.165) is 12.1 Å². The van der Waals surface area contributed by atoms with Crippen molar-refractivity contribution in [3.8, 4) is 0 Å². The number of sulfonamides is 1. The van der Waals surface area contributed by atoms with Gasteiger partial charge in [-0.1, -0.05) is 12.1 Å². The molecular weight excluding hydrogens is 298 g/mol. The van der Waals surface area contributed by atoms with Crippen molar-refractivity contribution in [2.24, 2.45) is 5.73 Å². The lowest BCUT2D eigenvalue weighted by atomic mass is 10.2. The van der Waals surface area contributed by atoms with E-state index in [1.807, 2.05) is 0 Å². The van der Waals surface area contributed by atoms with Gasteiger partial charge >= 0.3 is 0 Å². The molecule has 0 aliphatic heterocycles. The minimum atomic E-state index is -4.16. The van der Waals surface area contributed by atoms with Gasteiger partial charge in [-0.2, -0.15) is 0 Å². The van der Waals surface area contributed by atoms with Crippen LogP contribution in [0, 0.1) is 18.6 Å². The fourth-order valence-corrected chi connectivity index (χ4v) is 3.05. The molecule has 0 aromatic heterocycles. The highest BCUT2D eigenvalue weighted by Gasteiger charge is 2.20. The summed E-state index contributed by atoms with van der Waals surface area (Å²) in [5.74, 6) is -1.44. The van der Waals surface area contributed by atoms with Crippen molar-refractivity contribution in [3.05, 3.63) is 59.2 Å². The first-order chi connectivity index (χ1) is 9.85. The van der Waals surface area contributed by atoms with Gasteiger partial charge in [-0.15, -0.1) is 0 Å². The van der Waals surface area contributed by atoms with Gasteiger partial charge in [0.1, 0.15) is 16.5 Å². The van der Waals surface area contributed by atoms with Gasteiger partial charge < -0.3 is 5.73 Å². The summed E-state index contributed by atoms with van der Waals surface area (Å²) in [6.07, 6.45) is 0. The van der Waals surface area contributed by atoms with Gasteiger partial charge in [-0.3, -0.25) is 4.72 Å². The summed E-state index contributed by atoms with van der Waals surface area (Å²) in [7, 11) is -4.16. The molecule has 2 rings (SSSR count). The van der Waals surface area contributed by atoms with Gasteiger partial charge in [0.2, 0.25) is 0 Å². The van der Waals surface area contributed by atoms with E-state index in [-0.39, 0.29) is 17.8 Å². The highest BCUT2D eigenvalue weighted by molar-refractivity contribution is 7.92. The number of nitrogens with one attached hydrogen (secondary N) is 1. The van der Waals surface area contributed by atoms with E-state index in [1.165, 1.54) is 31.2 Å². The summed E-state index contributed by atoms with van der Waals surface area (Å²) < 4.78 is 53.8. The minimum absolute atomic E-state index is 0.0625. The third-order valence-corrected chi connectivity index (χ3v) is 4.41. The summed E-state index contributed by atoms with van der Waals surface area (Å²) in [4.78, 5) is -0.519. The molecule has 7 heteroatoms. The fraction of sp³-hybridized carbons (Fsp3) is 0.143. The van der Waals surface area contributed by atoms with Crippen LogP contribution in [0.25, 0.3) is 0 Å². The second kappa shape index (κ2) is 5.79. The highest BCUT2D eigenvalue weighted by atomic mass is 32.2. The number of nitrogens with two attached hydrogens (primary N) is 1. The molecule has 0 radical (unpaired) electrons. The Morgan fingerprint density at radius 1 is 1.14 bits per heavy atom. The molecule has 0 saturated heterocycles. The molecule has 0 aliphatic rings. The van der Waals surface area contributed by atoms with Crippen molar-refractivity contribution < 1.29 is 17.2 Å². The van der Waals surface area contributed by atoms with Gasteiger partial charge in [-0.25, -0.2) is 17.2 Å². The van der Waals surface area contributed by atoms with Crippen LogP contribution in [-0.4, -0.2) is 8.42 Å². The first kappa shape index (κ1) is 15.4. The van der Waals surface area contributed by atoms with E-state index < -0.39 is 26.6 Å². The highest BCUT2D eigenvalue weighted by Crippen LogP contribution is 2.23. The molecule has 3 N–H and O–H groups in total. The Hall–Kier alpha value is -1.99. The minimum Gasteiger partial charge on any atom is -0.326 e. The quantitative estimate of drug-likeness (QED) is 0.911. The van der Waals surface area contributed by atoms with E-state index in [2.05, 4.69) is 4.72 Å². The van der Waals surface area contributed by atoms with Gasteiger partial charge in [0, 0.05) is 12.1 Å². The van der Waals surface area contributed by atoms with Gasteiger partial charge in [0.05, 0.1) is 5.69 Å². The van der Waals surface area contributed by atoms with Crippen molar-refractivity contribution in [2.75, 3.05) is 4.72 Å². The van der Waals surface area contributed by atoms with Crippen LogP contribution in [0.4, 0.5) is 14.5 Å². The van der Waals surface area contributed by atoms with Crippen molar-refractivity contribution in [1.82, 2.24) is 0 Å². The lowest BCUT2D eigenvalue weighted by Gasteiger charge is -2.12. The smallest absolute Gasteiger partial charge is 0.264 e. The van der Waals surface area contributed by atoms with Gasteiger partial charge in [-0.05, 0) is 36.8 Å². The Kier molecular flexibility index (Phi) is 4.24. The fourth-order valence-electron chi connectivity index (χ4n) is 1.80. The summed E-state index contributed by atoms with van der Waals surface area (Å²) in [6.45, 7) is 1.52. The standard InChI is InChI=1S/C14H14F2N2O2S/c1-9-11(15)3-2-4-13(9)18-21(19,20)14-7-10(8-17)5-6-12(14)16/h2-7,18H,8,17H2,1H3. The molecule has 0 heterocycles. The summed E-state index contributed by atoms with van der Waals surface area (Å²) in [5, 5.41) is 0. The predicted molar refractivity (Wildman–Crippen MR) is 76.2 cm³/mol. The molecule has 112 valence electrons. The van der Waals surface area contributed by atoms with E-state index in [0.29, 0.717) is 5.56 Å². The molecule has 2 aromatic carbocycles. The molecule has 0 aliphatic carbocycles. The molecule has 4 nitrogen and oxygen atoms in total. The van der Waals surface area contributed by atoms with Crippen molar-refractivity contribution in [3.63, 3.8) is 0 Å². The Balaban J connectivity index is 2.46. The normalized spacial score (nSPS) is 11.4. The number of rotatable bonds is 4. The van der Waals surface area contributed by atoms with E-state index in [9.17, 15) is 17.2 Å². The average Bonchev–Trinajstić information content (AvgIpc) is 2.44. The topological polar surface area (TPSA) is 72.2 Å². The molecule has 0 bridgehead atoms. The van der Waals surface area contributed by atoms with Crippen molar-refractivity contribution in [1.29, 1.82) is 0 Å². The summed E-state index contributed by atoms with van der Waals surface area (Å²) >= 11 is 0. The zero-order valence-electron chi connectivity index (χ0n) is 11.2. The first-order valence-corrected chi connectivity index (χ1v) is 7.60. The largest absolute Gasteiger partial charge is 0.326 e. The monoisotopic (exact) mass is 312 g/mol. The van der Waals surface area contributed by atoms with Crippen LogP contribution < -0.4 is 10.5 Å². The van der Waals surface area contributed by atoms with E-state index in [1.54, 1.807) is 0 Å². The SMILES string of the molecule is Cc1c(F)cccc1NS(=O)(=O)c1cc(CN)ccc1F. The molecule has 0 amide bonds. The maximum atomic E-state index is 13.8. The van der Waals surface area contributed by atoms with Crippen LogP contribution in [0.5, 0.6) is 0 Å². The molecule has 0 saturated carbocycles. The molecule has 0 spiro atoms. The van der Waals surface area contributed by atoms with Gasteiger partial charge in [0.25, 0.3) is 10.0 Å². The maximum Gasteiger partial charge on any atom is 0.264 e. The van der Waals surface area contributed by atoms with Gasteiger partial charge in [0.15, 0.2) is 0 Å². The number of hydrogen-bond acceptors (Lipinski definition) is 3. The summed E-state index contributed by atoms with van der Waals surface area (Å²) in [5.41, 5.74) is 6.10. The Labute approximate surface area is 121 Å². The Morgan fingerprint density at radius 3 is 2.52 bits per heavy atom. The number of anilines is 1. The molecule has 0 unspecified atom stereocenters. The van der Waals surface area contributed by atoms with Crippen LogP contribution in [0.1, 0.15) is 11.1 Å². The Morgan fingerprint density at radius 2 is 1.86 bits per heavy atom.